The fourth-order valence-electron chi connectivity index (χ4n) is 14.7. The van der Waals surface area contributed by atoms with E-state index in [0.29, 0.717) is 35.5 Å². The molecule has 0 saturated heterocycles. The van der Waals surface area contributed by atoms with Gasteiger partial charge >= 0.3 is 0 Å². The van der Waals surface area contributed by atoms with E-state index in [9.17, 15) is 0 Å². The van der Waals surface area contributed by atoms with Crippen molar-refractivity contribution in [1.29, 1.82) is 0 Å². The van der Waals surface area contributed by atoms with Gasteiger partial charge in [0.2, 0.25) is 13.4 Å². The Morgan fingerprint density at radius 3 is 1.06 bits per heavy atom. The summed E-state index contributed by atoms with van der Waals surface area (Å²) >= 11 is 0. The Morgan fingerprint density at radius 2 is 0.655 bits per heavy atom. The van der Waals surface area contributed by atoms with E-state index >= 15 is 0 Å². The highest BCUT2D eigenvalue weighted by Gasteiger charge is 2.45. The molecule has 2 aliphatic heterocycles. The van der Waals surface area contributed by atoms with Crippen LogP contribution in [0, 0.1) is 6.92 Å². The van der Waals surface area contributed by atoms with Crippen molar-refractivity contribution in [3.63, 3.8) is 0 Å². The molecular weight excluding hydrogens is 1060 g/mol. The summed E-state index contributed by atoms with van der Waals surface area (Å²) in [5.74, 6) is 2.10. The van der Waals surface area contributed by atoms with E-state index in [0.717, 1.165) is 0 Å². The third kappa shape index (κ3) is 11.0. The van der Waals surface area contributed by atoms with Gasteiger partial charge in [-0.2, -0.15) is 0 Å². The Hall–Kier alpha value is -8.17. The number of benzene rings is 10. The second-order valence-corrected chi connectivity index (χ2v) is 29.3. The molecule has 0 N–H and O–H groups in total. The van der Waals surface area contributed by atoms with Crippen molar-refractivity contribution in [1.82, 2.24) is 0 Å². The SMILES string of the molecule is Cc1ccccc1N(c1ccc2c(c1)B(c1c(C(C)C)cc(C(C)C)cc1C(C)C)c1ccccc1B2c1c(C(C)C)cc(C(C)C)cc1C(C)C)c1ccccc1[SiH]1C(c2ccccc2)=C(c2ccccc2)C(c2ccccc2)=C1c1ccccc1. The van der Waals surface area contributed by atoms with Gasteiger partial charge in [0.05, 0.1) is 0 Å². The number of allylic oxidation sites excluding steroid dienone is 2. The summed E-state index contributed by atoms with van der Waals surface area (Å²) in [5.41, 5.74) is 29.8. The third-order valence-electron chi connectivity index (χ3n) is 19.0. The second-order valence-electron chi connectivity index (χ2n) is 26.6. The van der Waals surface area contributed by atoms with Crippen LogP contribution < -0.4 is 42.9 Å². The van der Waals surface area contributed by atoms with Gasteiger partial charge in [-0.3, -0.25) is 0 Å². The van der Waals surface area contributed by atoms with Crippen molar-refractivity contribution in [2.45, 2.75) is 126 Å². The average Bonchev–Trinajstić information content (AvgIpc) is 1.72. The highest BCUT2D eigenvalue weighted by molar-refractivity contribution is 7.12. The van der Waals surface area contributed by atoms with Crippen LogP contribution in [0.4, 0.5) is 17.1 Å². The van der Waals surface area contributed by atoms with Gasteiger partial charge in [0.1, 0.15) is 8.80 Å². The fourth-order valence-corrected chi connectivity index (χ4v) is 18.7. The maximum atomic E-state index is 2.67. The van der Waals surface area contributed by atoms with E-state index in [1.165, 1.54) is 138 Å². The first-order valence-electron chi connectivity index (χ1n) is 32.4. The largest absolute Gasteiger partial charge is 0.310 e. The molecule has 1 nitrogen and oxygen atoms in total. The monoisotopic (exact) mass is 1150 g/mol. The minimum absolute atomic E-state index is 0.0208. The third-order valence-corrected chi connectivity index (χ3v) is 22.5. The molecule has 0 saturated carbocycles. The van der Waals surface area contributed by atoms with Gasteiger partial charge in [0, 0.05) is 17.1 Å². The minimum atomic E-state index is -2.49. The van der Waals surface area contributed by atoms with Crippen LogP contribution >= 0.6 is 0 Å². The first-order valence-corrected chi connectivity index (χ1v) is 34.1. The van der Waals surface area contributed by atoms with E-state index in [1.54, 1.807) is 0 Å². The molecule has 0 bridgehead atoms. The number of fused-ring (bicyclic) bond motifs is 2. The molecule has 10 aromatic rings. The van der Waals surface area contributed by atoms with E-state index < -0.39 is 8.80 Å². The Bertz CT molecular complexity index is 4030. The summed E-state index contributed by atoms with van der Waals surface area (Å²) in [6.45, 7) is 31.1. The molecule has 2 aliphatic rings. The highest BCUT2D eigenvalue weighted by atomic mass is 28.3. The van der Waals surface area contributed by atoms with Crippen molar-refractivity contribution >= 4 is 98.8 Å². The van der Waals surface area contributed by atoms with Gasteiger partial charge < -0.3 is 4.90 Å². The topological polar surface area (TPSA) is 3.24 Å². The van der Waals surface area contributed by atoms with Gasteiger partial charge in [-0.05, 0) is 155 Å². The Kier molecular flexibility index (Phi) is 16.9. The molecule has 4 heteroatoms. The number of hydrogen-bond acceptors (Lipinski definition) is 1. The van der Waals surface area contributed by atoms with Crippen molar-refractivity contribution in [3.8, 4) is 0 Å². The van der Waals surface area contributed by atoms with Crippen LogP contribution in [0.2, 0.25) is 0 Å². The molecule has 87 heavy (non-hydrogen) atoms. The van der Waals surface area contributed by atoms with Crippen LogP contribution in [0.3, 0.4) is 0 Å². The maximum absolute atomic E-state index is 2.67. The molecule has 0 amide bonds. The lowest BCUT2D eigenvalue weighted by Crippen LogP contribution is -2.76. The van der Waals surface area contributed by atoms with Crippen molar-refractivity contribution in [2.75, 3.05) is 4.90 Å². The Morgan fingerprint density at radius 1 is 0.310 bits per heavy atom. The summed E-state index contributed by atoms with van der Waals surface area (Å²) in [6.07, 6.45) is 0. The zero-order valence-electron chi connectivity index (χ0n) is 53.7. The fraction of sp³-hybridized carbons (Fsp3) is 0.229. The zero-order chi connectivity index (χ0) is 60.8. The van der Waals surface area contributed by atoms with E-state index in [1.807, 2.05) is 0 Å². The average molecular weight is 1150 g/mol. The van der Waals surface area contributed by atoms with Crippen LogP contribution in [0.5, 0.6) is 0 Å². The van der Waals surface area contributed by atoms with Crippen LogP contribution in [0.25, 0.3) is 21.5 Å². The molecule has 0 atom stereocenters. The van der Waals surface area contributed by atoms with Gasteiger partial charge in [-0.25, -0.2) is 0 Å². The van der Waals surface area contributed by atoms with Crippen molar-refractivity contribution in [2.24, 2.45) is 0 Å². The predicted molar refractivity (Wildman–Crippen MR) is 385 cm³/mol. The quantitative estimate of drug-likeness (QED) is 0.0872. The predicted octanol–water partition coefficient (Wildman–Crippen LogP) is 17.3. The van der Waals surface area contributed by atoms with E-state index in [4.69, 9.17) is 0 Å². The van der Waals surface area contributed by atoms with Crippen LogP contribution in [-0.2, 0) is 0 Å². The molecule has 0 fully saturated rings. The molecular formula is C83H85B2NSi. The summed E-state index contributed by atoms with van der Waals surface area (Å²) in [7, 11) is -2.49. The Balaban J connectivity index is 1.21. The van der Waals surface area contributed by atoms with Gasteiger partial charge in [-0.15, -0.1) is 0 Å². The normalized spacial score (nSPS) is 13.6. The highest BCUT2D eigenvalue weighted by Crippen LogP contribution is 2.52. The van der Waals surface area contributed by atoms with Gasteiger partial charge in [0.25, 0.3) is 0 Å². The smallest absolute Gasteiger partial charge is 0.240 e. The lowest BCUT2D eigenvalue weighted by atomic mass is 9.20. The summed E-state index contributed by atoms with van der Waals surface area (Å²) in [4.78, 5) is 2.67. The van der Waals surface area contributed by atoms with Crippen LogP contribution in [-0.4, -0.2) is 22.2 Å². The molecule has 0 spiro atoms. The Labute approximate surface area is 523 Å². The molecule has 432 valence electrons. The molecule has 0 unspecified atom stereocenters. The first kappa shape index (κ1) is 59.2. The lowest BCUT2D eigenvalue weighted by Gasteiger charge is -2.38. The van der Waals surface area contributed by atoms with Crippen LogP contribution in [0.15, 0.2) is 237 Å². The summed E-state index contributed by atoms with van der Waals surface area (Å²) < 4.78 is 0. The van der Waals surface area contributed by atoms with Crippen LogP contribution in [0.1, 0.15) is 180 Å². The van der Waals surface area contributed by atoms with Crippen molar-refractivity contribution in [3.05, 3.63) is 298 Å². The number of anilines is 3. The zero-order valence-corrected chi connectivity index (χ0v) is 54.8. The molecule has 10 aromatic carbocycles. The molecule has 2 heterocycles. The molecule has 0 radical (unpaired) electrons. The lowest BCUT2D eigenvalue weighted by molar-refractivity contribution is 0.812. The molecule has 12 rings (SSSR count). The number of aryl methyl sites for hydroxylation is 1. The minimum Gasteiger partial charge on any atom is -0.310 e. The standard InChI is InChI=1S/C83H85B2NSi/c1-53(2)64-48-67(55(5)6)80(68(49-64)56(7)8)84-71-41-27-28-42-72(71)85(81-69(57(9)10)50-65(54(3)4)51-70(81)58(11)12)74-52-66(46-47-73(74)84)86(75-43-29-26-32-59(75)13)76-44-30-31-45-77(76)87-82(62-37-22-16-23-38-62)78(60-33-18-14-19-34-60)79(61-35-20-15-21-36-61)83(87)63-39-24-17-25-40-63/h14-58,87H,1-13H3. The van der Waals surface area contributed by atoms with E-state index in [-0.39, 0.29) is 13.4 Å². The molecule has 0 aromatic heterocycles. The maximum Gasteiger partial charge on any atom is 0.240 e. The van der Waals surface area contributed by atoms with Gasteiger partial charge in [-0.1, -0.05) is 328 Å². The summed E-state index contributed by atoms with van der Waals surface area (Å²) in [6, 6.07) is 91.6. The number of para-hydroxylation sites is 2. The summed E-state index contributed by atoms with van der Waals surface area (Å²) in [5, 5.41) is 4.27. The second kappa shape index (κ2) is 24.9. The number of nitrogens with zero attached hydrogens (tertiary/aromatic N) is 1. The molecule has 0 aliphatic carbocycles. The number of rotatable bonds is 16. The van der Waals surface area contributed by atoms with E-state index in [2.05, 4.69) is 331 Å². The van der Waals surface area contributed by atoms with Crippen molar-refractivity contribution < 1.29 is 0 Å². The van der Waals surface area contributed by atoms with Gasteiger partial charge in [0.15, 0.2) is 0 Å². The number of hydrogen-bond donors (Lipinski definition) is 0. The first-order chi connectivity index (χ1) is 42.1.